The first-order valence-electron chi connectivity index (χ1n) is 37.1. The van der Waals surface area contributed by atoms with Gasteiger partial charge in [0, 0.05) is 49.7 Å². The van der Waals surface area contributed by atoms with E-state index in [1.807, 2.05) is 55.4 Å². The normalized spacial score (nSPS) is 13.8. The van der Waals surface area contributed by atoms with Crippen molar-refractivity contribution in [3.8, 4) is 0 Å². The molecule has 0 aliphatic heterocycles. The summed E-state index contributed by atoms with van der Waals surface area (Å²) >= 11 is 0. The second kappa shape index (κ2) is 34.1. The smallest absolute Gasteiger partial charge is 0.0740 e. The molecule has 0 saturated heterocycles. The van der Waals surface area contributed by atoms with Crippen LogP contribution in [0.5, 0.6) is 0 Å². The summed E-state index contributed by atoms with van der Waals surface area (Å²) in [6.45, 7) is 63.7. The van der Waals surface area contributed by atoms with Gasteiger partial charge in [-0.25, -0.2) is 0 Å². The van der Waals surface area contributed by atoms with Crippen molar-refractivity contribution in [3.05, 3.63) is 160 Å². The van der Waals surface area contributed by atoms with E-state index in [1.165, 1.54) is 201 Å². The van der Waals surface area contributed by atoms with Gasteiger partial charge in [0.2, 0.25) is 0 Å². The highest BCUT2D eigenvalue weighted by atomic mass is 14.7. The molecule has 4 heteroatoms. The fourth-order valence-electron chi connectivity index (χ4n) is 14.3. The van der Waals surface area contributed by atoms with Crippen molar-refractivity contribution in [2.45, 2.75) is 338 Å². The molecular weight excluding hydrogens is 1100 g/mol. The molecule has 0 amide bonds. The second-order valence-electron chi connectivity index (χ2n) is 29.1. The Morgan fingerprint density at radius 1 is 0.275 bits per heavy atom. The summed E-state index contributed by atoms with van der Waals surface area (Å²) < 4.78 is 0. The van der Waals surface area contributed by atoms with Gasteiger partial charge in [-0.3, -0.25) is 19.9 Å². The number of nitrogens with zero attached hydrogens (tertiary/aromatic N) is 4. The molecule has 4 aliphatic carbocycles. The zero-order valence-corrected chi connectivity index (χ0v) is 63.8. The summed E-state index contributed by atoms with van der Waals surface area (Å²) in [6, 6.07) is 19.1. The highest BCUT2D eigenvalue weighted by molar-refractivity contribution is 5.91. The fraction of sp³-hybridized carbons (Fsp3) is 0.586. The number of pyridine rings is 4. The molecule has 498 valence electrons. The van der Waals surface area contributed by atoms with E-state index in [-0.39, 0.29) is 5.41 Å². The Balaban J connectivity index is 0.000000212. The lowest BCUT2D eigenvalue weighted by Crippen LogP contribution is -2.15. The predicted molar refractivity (Wildman–Crippen MR) is 406 cm³/mol. The Morgan fingerprint density at radius 2 is 0.495 bits per heavy atom. The molecule has 0 unspecified atom stereocenters. The van der Waals surface area contributed by atoms with Gasteiger partial charge in [0.25, 0.3) is 0 Å². The summed E-state index contributed by atoms with van der Waals surface area (Å²) in [5.74, 6) is 3.66. The van der Waals surface area contributed by atoms with Gasteiger partial charge in [0.1, 0.15) is 0 Å². The van der Waals surface area contributed by atoms with E-state index in [1.54, 1.807) is 44.5 Å². The molecule has 4 aromatic carbocycles. The van der Waals surface area contributed by atoms with Crippen LogP contribution in [0.15, 0.2) is 48.5 Å². The number of fused-ring (bicyclic) bond motifs is 8. The lowest BCUT2D eigenvalue weighted by Gasteiger charge is -2.25. The SMILES string of the molecule is CC.CC.CC.CC.Cc1c2c(cc3c(C(C)C)cc(C(C)(C)C)nc13)CCCC2.Cc1c2c(cc3c(C(C)C)cc(C(C)C)nc13)CCC2.Cc1c2c(cc3c(C(C)C)cc(C(C)C)nc13)CCC2.Cc1c2c(cc3c(C(C)C)cc(C(C)C)nc13)CCCC2. The van der Waals surface area contributed by atoms with Crippen LogP contribution in [-0.2, 0) is 56.8 Å². The molecular formula is C87H130N4. The average molecular weight is 1230 g/mol. The highest BCUT2D eigenvalue weighted by Crippen LogP contribution is 2.41. The van der Waals surface area contributed by atoms with Crippen LogP contribution in [-0.4, -0.2) is 19.9 Å². The van der Waals surface area contributed by atoms with E-state index in [0.717, 1.165) is 0 Å². The maximum absolute atomic E-state index is 5.10. The van der Waals surface area contributed by atoms with Crippen LogP contribution in [0.1, 0.15) is 365 Å². The Labute approximate surface area is 558 Å². The van der Waals surface area contributed by atoms with Crippen molar-refractivity contribution in [2.24, 2.45) is 0 Å². The molecule has 0 atom stereocenters. The van der Waals surface area contributed by atoms with Gasteiger partial charge >= 0.3 is 0 Å². The molecule has 4 aliphatic rings. The lowest BCUT2D eigenvalue weighted by molar-refractivity contribution is 0.569. The van der Waals surface area contributed by atoms with Gasteiger partial charge in [-0.05, 0) is 297 Å². The van der Waals surface area contributed by atoms with E-state index >= 15 is 0 Å². The maximum Gasteiger partial charge on any atom is 0.0740 e. The second-order valence-corrected chi connectivity index (χ2v) is 29.1. The van der Waals surface area contributed by atoms with E-state index < -0.39 is 0 Å². The van der Waals surface area contributed by atoms with Crippen LogP contribution in [0.2, 0.25) is 0 Å². The first-order chi connectivity index (χ1) is 43.2. The van der Waals surface area contributed by atoms with Gasteiger partial charge in [-0.15, -0.1) is 0 Å². The number of aromatic nitrogens is 4. The van der Waals surface area contributed by atoms with Crippen LogP contribution in [0.4, 0.5) is 0 Å². The van der Waals surface area contributed by atoms with E-state index in [9.17, 15) is 0 Å². The highest BCUT2D eigenvalue weighted by Gasteiger charge is 2.26. The monoisotopic (exact) mass is 1230 g/mol. The van der Waals surface area contributed by atoms with Crippen molar-refractivity contribution in [1.82, 2.24) is 19.9 Å². The molecule has 4 heterocycles. The van der Waals surface area contributed by atoms with Crippen molar-refractivity contribution in [1.29, 1.82) is 0 Å². The number of aryl methyl sites for hydroxylation is 8. The maximum atomic E-state index is 5.10. The van der Waals surface area contributed by atoms with E-state index in [2.05, 4.69) is 194 Å². The Bertz CT molecular complexity index is 3580. The zero-order chi connectivity index (χ0) is 68.1. The molecule has 0 spiro atoms. The van der Waals surface area contributed by atoms with Gasteiger partial charge in [0.15, 0.2) is 0 Å². The van der Waals surface area contributed by atoms with Crippen LogP contribution in [0.3, 0.4) is 0 Å². The lowest BCUT2D eigenvalue weighted by atomic mass is 9.83. The molecule has 0 radical (unpaired) electrons. The van der Waals surface area contributed by atoms with Crippen molar-refractivity contribution < 1.29 is 0 Å². The van der Waals surface area contributed by atoms with Crippen LogP contribution in [0.25, 0.3) is 43.6 Å². The third-order valence-corrected chi connectivity index (χ3v) is 19.5. The Hall–Kier alpha value is -5.48. The third-order valence-electron chi connectivity index (χ3n) is 19.5. The third kappa shape index (κ3) is 17.3. The topological polar surface area (TPSA) is 51.6 Å². The molecule has 4 nitrogen and oxygen atoms in total. The Morgan fingerprint density at radius 3 is 0.736 bits per heavy atom. The zero-order valence-electron chi connectivity index (χ0n) is 63.8. The summed E-state index contributed by atoms with van der Waals surface area (Å²) in [4.78, 5) is 20.1. The Kier molecular flexibility index (Phi) is 28.6. The van der Waals surface area contributed by atoms with Crippen molar-refractivity contribution in [2.75, 3.05) is 0 Å². The minimum absolute atomic E-state index is 0.0974. The largest absolute Gasteiger partial charge is 0.252 e. The van der Waals surface area contributed by atoms with Gasteiger partial charge in [-0.1, -0.05) is 173 Å². The van der Waals surface area contributed by atoms with Gasteiger partial charge in [-0.2, -0.15) is 0 Å². The minimum Gasteiger partial charge on any atom is -0.252 e. The molecule has 8 aromatic rings. The molecule has 0 N–H and O–H groups in total. The van der Waals surface area contributed by atoms with Crippen LogP contribution < -0.4 is 0 Å². The van der Waals surface area contributed by atoms with E-state index in [4.69, 9.17) is 19.9 Å². The molecule has 0 fully saturated rings. The van der Waals surface area contributed by atoms with Crippen LogP contribution in [0, 0.1) is 27.7 Å². The number of rotatable bonds is 7. The van der Waals surface area contributed by atoms with Crippen LogP contribution >= 0.6 is 0 Å². The molecule has 4 aromatic heterocycles. The standard InChI is InChI=1S/C21H29N.C20H27N.2C19H25N.4C2H6/c1-13(2)17-12-19(21(4,5)6)22-20-14(3)16-10-8-7-9-15(16)11-18(17)20;1-12(2)17-11-19(13(3)4)21-20-14(5)16-9-7-6-8-15(16)10-18(17)20;2*1-11(2)16-10-18(12(3)4)20-19-13(5)15-8-6-7-14(15)9-17(16)19;4*1-2/h11-13H,7-10H2,1-6H3;10-13H,6-9H2,1-5H3;2*9-12H,6-8H2,1-5H3;4*1-2H3. The number of hydrogen-bond donors (Lipinski definition) is 0. The fourth-order valence-corrected chi connectivity index (χ4v) is 14.3. The summed E-state index contributed by atoms with van der Waals surface area (Å²) in [7, 11) is 0. The number of hydrogen-bond acceptors (Lipinski definition) is 4. The quantitative estimate of drug-likeness (QED) is 0.160. The summed E-state index contributed by atoms with van der Waals surface area (Å²) in [6.07, 6.45) is 17.9. The first kappa shape index (κ1) is 76.2. The molecule has 0 saturated carbocycles. The van der Waals surface area contributed by atoms with E-state index in [0.29, 0.717) is 41.4 Å². The molecule has 91 heavy (non-hydrogen) atoms. The predicted octanol–water partition coefficient (Wildman–Crippen LogP) is 26.2. The first-order valence-corrected chi connectivity index (χ1v) is 37.1. The summed E-state index contributed by atoms with van der Waals surface area (Å²) in [5, 5.41) is 5.57. The minimum atomic E-state index is 0.0974. The number of benzene rings is 4. The van der Waals surface area contributed by atoms with Gasteiger partial charge < -0.3 is 0 Å². The average Bonchev–Trinajstić information content (AvgIpc) is 1.21. The van der Waals surface area contributed by atoms with Gasteiger partial charge in [0.05, 0.1) is 22.1 Å². The summed E-state index contributed by atoms with van der Waals surface area (Å²) in [5.41, 5.74) is 34.2. The van der Waals surface area contributed by atoms with Crippen molar-refractivity contribution >= 4 is 43.6 Å². The molecule has 0 bridgehead atoms. The van der Waals surface area contributed by atoms with Crippen molar-refractivity contribution in [3.63, 3.8) is 0 Å². The molecule has 12 rings (SSSR count).